The number of fused-ring (bicyclic) bond motifs is 1. The Kier molecular flexibility index (Phi) is 9.79. The molecular formula is C26H31FN2O5. The Labute approximate surface area is 198 Å². The summed E-state index contributed by atoms with van der Waals surface area (Å²) >= 11 is 0. The molecule has 0 saturated carbocycles. The number of primary amides is 1. The van der Waals surface area contributed by atoms with Crippen LogP contribution in [0.1, 0.15) is 48.3 Å². The number of methoxy groups -OCH3 is 1. The zero-order chi connectivity index (χ0) is 25.3. The van der Waals surface area contributed by atoms with E-state index in [4.69, 9.17) is 10.5 Å². The van der Waals surface area contributed by atoms with E-state index < -0.39 is 17.7 Å². The number of amides is 1. The van der Waals surface area contributed by atoms with Crippen LogP contribution in [0.25, 0.3) is 10.9 Å². The second kappa shape index (κ2) is 12.5. The lowest BCUT2D eigenvalue weighted by molar-refractivity contribution is -0.142. The second-order valence-electron chi connectivity index (χ2n) is 7.62. The van der Waals surface area contributed by atoms with Crippen molar-refractivity contribution in [2.75, 3.05) is 13.7 Å². The van der Waals surface area contributed by atoms with Gasteiger partial charge in [-0.15, -0.1) is 0 Å². The number of benzene rings is 1. The average molecular weight is 471 g/mol. The molecule has 1 heterocycles. The zero-order valence-corrected chi connectivity index (χ0v) is 20.0. The van der Waals surface area contributed by atoms with Crippen LogP contribution in [0.2, 0.25) is 0 Å². The molecule has 0 bridgehead atoms. The van der Waals surface area contributed by atoms with Gasteiger partial charge >= 0.3 is 5.97 Å². The van der Waals surface area contributed by atoms with Gasteiger partial charge in [0.05, 0.1) is 23.6 Å². The summed E-state index contributed by atoms with van der Waals surface area (Å²) in [6.07, 6.45) is 10.1. The summed E-state index contributed by atoms with van der Waals surface area (Å²) in [5, 5.41) is 0.414. The van der Waals surface area contributed by atoms with Gasteiger partial charge in [0, 0.05) is 12.2 Å². The standard InChI is InChI=1S/C26H31FN2O5/c1-5-7-11-19(27)12-8-9-15-29-17(3)22(25(31)26(28)32)23-20(34-16-21(30)33-4)14-13-18(10-6-2)24(23)29/h7-9,11-14H,5-6,10,15-16H2,1-4H3,(H2,28,32)/b9-8+,11-7-,19-12+. The van der Waals surface area contributed by atoms with E-state index in [-0.39, 0.29) is 23.7 Å². The molecule has 0 aliphatic heterocycles. The predicted molar refractivity (Wildman–Crippen MR) is 129 cm³/mol. The molecule has 2 aromatic rings. The van der Waals surface area contributed by atoms with Crippen LogP contribution >= 0.6 is 0 Å². The van der Waals surface area contributed by atoms with E-state index in [1.807, 2.05) is 24.5 Å². The Morgan fingerprint density at radius 3 is 2.53 bits per heavy atom. The van der Waals surface area contributed by atoms with E-state index in [9.17, 15) is 18.8 Å². The molecule has 0 atom stereocenters. The number of nitrogens with zero attached hydrogens (tertiary/aromatic N) is 1. The third-order valence-corrected chi connectivity index (χ3v) is 5.25. The van der Waals surface area contributed by atoms with Crippen LogP contribution in [-0.2, 0) is 27.3 Å². The molecule has 0 aliphatic carbocycles. The van der Waals surface area contributed by atoms with Crippen molar-refractivity contribution in [1.82, 2.24) is 4.57 Å². The molecule has 1 aromatic heterocycles. The summed E-state index contributed by atoms with van der Waals surface area (Å²) in [7, 11) is 1.25. The van der Waals surface area contributed by atoms with E-state index in [0.29, 0.717) is 29.6 Å². The minimum absolute atomic E-state index is 0.126. The van der Waals surface area contributed by atoms with Gasteiger partial charge in [0.2, 0.25) is 0 Å². The molecular weight excluding hydrogens is 439 g/mol. The number of carbonyl (C=O) groups is 3. The number of halogens is 1. The van der Waals surface area contributed by atoms with E-state index in [1.54, 1.807) is 31.2 Å². The Hall–Kier alpha value is -3.68. The van der Waals surface area contributed by atoms with Crippen molar-refractivity contribution >= 4 is 28.6 Å². The van der Waals surface area contributed by atoms with Gasteiger partial charge in [-0.25, -0.2) is 9.18 Å². The minimum atomic E-state index is -1.09. The van der Waals surface area contributed by atoms with Crippen LogP contribution in [0.4, 0.5) is 4.39 Å². The maximum absolute atomic E-state index is 13.8. The summed E-state index contributed by atoms with van der Waals surface area (Å²) in [5.74, 6) is -2.63. The Balaban J connectivity index is 2.68. The van der Waals surface area contributed by atoms with Crippen LogP contribution in [0.15, 0.2) is 48.3 Å². The SMILES string of the molecule is CC\C=C/C(F)=C\C=C\Cn1c(C)c(C(=O)C(N)=O)c2c(OCC(=O)OC)ccc(CCC)c21. The quantitative estimate of drug-likeness (QED) is 0.213. The molecule has 0 fully saturated rings. The number of hydrogen-bond donors (Lipinski definition) is 1. The fourth-order valence-electron chi connectivity index (χ4n) is 3.68. The smallest absolute Gasteiger partial charge is 0.343 e. The monoisotopic (exact) mass is 470 g/mol. The van der Waals surface area contributed by atoms with Crippen LogP contribution in [0, 0.1) is 6.92 Å². The molecule has 182 valence electrons. The van der Waals surface area contributed by atoms with Crippen LogP contribution in [0.3, 0.4) is 0 Å². The average Bonchev–Trinajstić information content (AvgIpc) is 3.11. The van der Waals surface area contributed by atoms with E-state index in [1.165, 1.54) is 19.3 Å². The highest BCUT2D eigenvalue weighted by molar-refractivity contribution is 6.45. The summed E-state index contributed by atoms with van der Waals surface area (Å²) in [6.45, 7) is 5.61. The van der Waals surface area contributed by atoms with Crippen molar-refractivity contribution < 1.29 is 28.2 Å². The molecule has 0 unspecified atom stereocenters. The Bertz CT molecular complexity index is 1160. The molecule has 1 amide bonds. The van der Waals surface area contributed by atoms with E-state index in [0.717, 1.165) is 18.4 Å². The molecule has 7 nitrogen and oxygen atoms in total. The summed E-state index contributed by atoms with van der Waals surface area (Å²) < 4.78 is 26.0. The molecule has 2 N–H and O–H groups in total. The van der Waals surface area contributed by atoms with Crippen molar-refractivity contribution in [1.29, 1.82) is 0 Å². The lowest BCUT2D eigenvalue weighted by Gasteiger charge is -2.12. The number of carbonyl (C=O) groups excluding carboxylic acids is 3. The number of rotatable bonds is 12. The molecule has 1 aromatic carbocycles. The van der Waals surface area contributed by atoms with Crippen LogP contribution < -0.4 is 10.5 Å². The molecule has 0 spiro atoms. The molecule has 2 rings (SSSR count). The number of Topliss-reactive ketones (excluding diaryl/α,β-unsaturated/α-hetero) is 1. The fourth-order valence-corrected chi connectivity index (χ4v) is 3.68. The third-order valence-electron chi connectivity index (χ3n) is 5.25. The van der Waals surface area contributed by atoms with Gasteiger partial charge in [-0.2, -0.15) is 0 Å². The number of ether oxygens (including phenoxy) is 2. The van der Waals surface area contributed by atoms with Crippen molar-refractivity contribution in [2.45, 2.75) is 46.6 Å². The molecule has 34 heavy (non-hydrogen) atoms. The maximum Gasteiger partial charge on any atom is 0.343 e. The first kappa shape index (κ1) is 26.6. The lowest BCUT2D eigenvalue weighted by Crippen LogP contribution is -2.24. The first-order valence-corrected chi connectivity index (χ1v) is 11.1. The number of esters is 1. The molecule has 8 heteroatoms. The highest BCUT2D eigenvalue weighted by atomic mass is 19.1. The molecule has 0 radical (unpaired) electrons. The van der Waals surface area contributed by atoms with E-state index >= 15 is 0 Å². The highest BCUT2D eigenvalue weighted by Gasteiger charge is 2.27. The summed E-state index contributed by atoms with van der Waals surface area (Å²) in [5.41, 5.74) is 7.63. The zero-order valence-electron chi connectivity index (χ0n) is 20.0. The Morgan fingerprint density at radius 2 is 1.91 bits per heavy atom. The summed E-state index contributed by atoms with van der Waals surface area (Å²) in [4.78, 5) is 36.3. The summed E-state index contributed by atoms with van der Waals surface area (Å²) in [6, 6.07) is 3.54. The number of ketones is 1. The molecule has 0 saturated heterocycles. The second-order valence-corrected chi connectivity index (χ2v) is 7.62. The fraction of sp³-hybridized carbons (Fsp3) is 0.346. The predicted octanol–water partition coefficient (Wildman–Crippen LogP) is 4.50. The lowest BCUT2D eigenvalue weighted by atomic mass is 10.0. The number of nitrogens with two attached hydrogens (primary N) is 1. The van der Waals surface area contributed by atoms with Gasteiger partial charge in [-0.1, -0.05) is 44.6 Å². The topological polar surface area (TPSA) is 101 Å². The van der Waals surface area contributed by atoms with Crippen molar-refractivity contribution in [2.24, 2.45) is 5.73 Å². The van der Waals surface area contributed by atoms with Crippen molar-refractivity contribution in [3.63, 3.8) is 0 Å². The van der Waals surface area contributed by atoms with Crippen molar-refractivity contribution in [3.05, 3.63) is 65.2 Å². The molecule has 0 aliphatic rings. The van der Waals surface area contributed by atoms with Gasteiger partial charge in [0.15, 0.2) is 6.61 Å². The first-order chi connectivity index (χ1) is 16.3. The van der Waals surface area contributed by atoms with Gasteiger partial charge in [0.1, 0.15) is 11.6 Å². The highest BCUT2D eigenvalue weighted by Crippen LogP contribution is 2.37. The van der Waals surface area contributed by atoms with Gasteiger partial charge < -0.3 is 19.8 Å². The maximum atomic E-state index is 13.8. The van der Waals surface area contributed by atoms with E-state index in [2.05, 4.69) is 4.74 Å². The third kappa shape index (κ3) is 6.21. The van der Waals surface area contributed by atoms with Crippen LogP contribution in [0.5, 0.6) is 5.75 Å². The largest absolute Gasteiger partial charge is 0.481 e. The minimum Gasteiger partial charge on any atom is -0.481 e. The number of allylic oxidation sites excluding steroid dienone is 6. The normalized spacial score (nSPS) is 12.1. The van der Waals surface area contributed by atoms with Crippen LogP contribution in [-0.4, -0.2) is 35.9 Å². The van der Waals surface area contributed by atoms with Gasteiger partial charge in [-0.05, 0) is 43.5 Å². The number of aryl methyl sites for hydroxylation is 1. The first-order valence-electron chi connectivity index (χ1n) is 11.1. The van der Waals surface area contributed by atoms with Gasteiger partial charge in [0.25, 0.3) is 11.7 Å². The van der Waals surface area contributed by atoms with Crippen molar-refractivity contribution in [3.8, 4) is 5.75 Å². The van der Waals surface area contributed by atoms with Gasteiger partial charge in [-0.3, -0.25) is 9.59 Å². The number of aromatic nitrogens is 1. The number of hydrogen-bond acceptors (Lipinski definition) is 5. The Morgan fingerprint density at radius 1 is 1.18 bits per heavy atom.